The number of ether oxygens (including phenoxy) is 1. The number of carbonyl (C=O) groups excluding carboxylic acids is 1. The third-order valence-corrected chi connectivity index (χ3v) is 3.43. The molecule has 1 atom stereocenters. The van der Waals surface area contributed by atoms with Crippen molar-refractivity contribution in [3.8, 4) is 0 Å². The number of aromatic nitrogens is 1. The molecule has 0 aliphatic heterocycles. The zero-order chi connectivity index (χ0) is 14.7. The van der Waals surface area contributed by atoms with Crippen molar-refractivity contribution in [2.75, 3.05) is 7.11 Å². The highest BCUT2D eigenvalue weighted by molar-refractivity contribution is 9.10. The van der Waals surface area contributed by atoms with Crippen LogP contribution in [0.1, 0.15) is 5.56 Å². The van der Waals surface area contributed by atoms with Crippen LogP contribution in [0.25, 0.3) is 10.9 Å². The zero-order valence-corrected chi connectivity index (χ0v) is 12.2. The molecule has 0 unspecified atom stereocenters. The van der Waals surface area contributed by atoms with E-state index in [4.69, 9.17) is 5.11 Å². The van der Waals surface area contributed by atoms with Crippen molar-refractivity contribution < 1.29 is 19.4 Å². The van der Waals surface area contributed by atoms with Gasteiger partial charge >= 0.3 is 12.1 Å². The van der Waals surface area contributed by atoms with Gasteiger partial charge in [0.2, 0.25) is 0 Å². The molecule has 0 saturated heterocycles. The Balaban J connectivity index is 2.30. The summed E-state index contributed by atoms with van der Waals surface area (Å²) in [6.45, 7) is 0. The Morgan fingerprint density at radius 3 is 2.90 bits per heavy atom. The molecule has 6 nitrogen and oxygen atoms in total. The first-order chi connectivity index (χ1) is 9.51. The second-order valence-corrected chi connectivity index (χ2v) is 5.15. The number of carbonyl (C=O) groups is 2. The molecule has 0 saturated carbocycles. The lowest BCUT2D eigenvalue weighted by Crippen LogP contribution is -2.42. The van der Waals surface area contributed by atoms with Gasteiger partial charge in [-0.05, 0) is 23.8 Å². The Bertz CT molecular complexity index is 653. The van der Waals surface area contributed by atoms with Crippen molar-refractivity contribution in [3.05, 3.63) is 34.4 Å². The van der Waals surface area contributed by atoms with E-state index in [1.807, 2.05) is 18.2 Å². The third-order valence-electron chi connectivity index (χ3n) is 2.94. The van der Waals surface area contributed by atoms with Crippen LogP contribution >= 0.6 is 15.9 Å². The molecule has 0 fully saturated rings. The predicted octanol–water partition coefficient (Wildman–Crippen LogP) is 2.28. The van der Waals surface area contributed by atoms with Gasteiger partial charge in [-0.1, -0.05) is 15.9 Å². The van der Waals surface area contributed by atoms with E-state index < -0.39 is 18.1 Å². The van der Waals surface area contributed by atoms with Crippen molar-refractivity contribution in [2.24, 2.45) is 0 Å². The number of rotatable bonds is 4. The number of hydrogen-bond acceptors (Lipinski definition) is 3. The van der Waals surface area contributed by atoms with Gasteiger partial charge in [0.15, 0.2) is 0 Å². The van der Waals surface area contributed by atoms with Gasteiger partial charge in [0.1, 0.15) is 6.04 Å². The highest BCUT2D eigenvalue weighted by Crippen LogP contribution is 2.23. The number of H-pyrrole nitrogens is 1. The number of amides is 1. The maximum Gasteiger partial charge on any atom is 0.405 e. The number of methoxy groups -OCH3 is 1. The fourth-order valence-electron chi connectivity index (χ4n) is 2.02. The van der Waals surface area contributed by atoms with Crippen molar-refractivity contribution in [1.82, 2.24) is 10.3 Å². The van der Waals surface area contributed by atoms with E-state index >= 15 is 0 Å². The second-order valence-electron chi connectivity index (χ2n) is 4.23. The first-order valence-corrected chi connectivity index (χ1v) is 6.63. The van der Waals surface area contributed by atoms with Crippen molar-refractivity contribution in [3.63, 3.8) is 0 Å². The predicted molar refractivity (Wildman–Crippen MR) is 76.7 cm³/mol. The van der Waals surface area contributed by atoms with Gasteiger partial charge in [-0.2, -0.15) is 0 Å². The normalized spacial score (nSPS) is 12.1. The number of carboxylic acid groups (broad SMARTS) is 1. The van der Waals surface area contributed by atoms with E-state index in [1.54, 1.807) is 6.20 Å². The summed E-state index contributed by atoms with van der Waals surface area (Å²) in [4.78, 5) is 25.4. The second kappa shape index (κ2) is 5.96. The molecular weight excluding hydrogens is 328 g/mol. The van der Waals surface area contributed by atoms with Crippen LogP contribution in [-0.4, -0.2) is 35.3 Å². The highest BCUT2D eigenvalue weighted by atomic mass is 79.9. The number of benzene rings is 1. The molecule has 2 rings (SSSR count). The summed E-state index contributed by atoms with van der Waals surface area (Å²) in [6.07, 6.45) is 0.716. The van der Waals surface area contributed by atoms with E-state index in [2.05, 4.69) is 31.0 Å². The molecule has 0 aliphatic rings. The minimum atomic E-state index is -1.26. The third kappa shape index (κ3) is 3.11. The van der Waals surface area contributed by atoms with Crippen LogP contribution in [0, 0.1) is 0 Å². The van der Waals surface area contributed by atoms with Gasteiger partial charge in [0, 0.05) is 28.0 Å². The Labute approximate surface area is 123 Å². The van der Waals surface area contributed by atoms with Crippen LogP contribution in [0.15, 0.2) is 28.9 Å². The Kier molecular flexibility index (Phi) is 4.29. The van der Waals surface area contributed by atoms with Gasteiger partial charge in [-0.25, -0.2) is 9.59 Å². The molecule has 3 N–H and O–H groups in total. The minimum Gasteiger partial charge on any atom is -0.467 e. The zero-order valence-electron chi connectivity index (χ0n) is 10.6. The molecule has 20 heavy (non-hydrogen) atoms. The SMILES string of the molecule is COC(=O)[C@H](Cc1c[nH]c2ccc(Br)cc12)NC(=O)O. The van der Waals surface area contributed by atoms with Crippen molar-refractivity contribution >= 4 is 38.9 Å². The van der Waals surface area contributed by atoms with E-state index in [1.165, 1.54) is 7.11 Å². The molecule has 7 heteroatoms. The van der Waals surface area contributed by atoms with Crippen LogP contribution in [-0.2, 0) is 16.0 Å². The summed E-state index contributed by atoms with van der Waals surface area (Å²) in [5.74, 6) is -0.614. The smallest absolute Gasteiger partial charge is 0.405 e. The Hall–Kier alpha value is -2.02. The fourth-order valence-corrected chi connectivity index (χ4v) is 2.39. The molecule has 1 heterocycles. The molecule has 1 amide bonds. The van der Waals surface area contributed by atoms with Gasteiger partial charge < -0.3 is 20.1 Å². The number of nitrogens with one attached hydrogen (secondary N) is 2. The van der Waals surface area contributed by atoms with E-state index in [-0.39, 0.29) is 6.42 Å². The topological polar surface area (TPSA) is 91.4 Å². The van der Waals surface area contributed by atoms with Crippen molar-refractivity contribution in [2.45, 2.75) is 12.5 Å². The van der Waals surface area contributed by atoms with Crippen LogP contribution in [0.2, 0.25) is 0 Å². The van der Waals surface area contributed by atoms with Crippen LogP contribution in [0.3, 0.4) is 0 Å². The molecule has 1 aromatic heterocycles. The average molecular weight is 341 g/mol. The van der Waals surface area contributed by atoms with E-state index in [9.17, 15) is 9.59 Å². The molecule has 0 radical (unpaired) electrons. The van der Waals surface area contributed by atoms with Crippen molar-refractivity contribution in [1.29, 1.82) is 0 Å². The van der Waals surface area contributed by atoms with Crippen LogP contribution < -0.4 is 5.32 Å². The summed E-state index contributed by atoms with van der Waals surface area (Å²) < 4.78 is 5.52. The largest absolute Gasteiger partial charge is 0.467 e. The maximum atomic E-state index is 11.6. The van der Waals surface area contributed by atoms with E-state index in [0.29, 0.717) is 0 Å². The molecule has 0 bridgehead atoms. The molecular formula is C13H13BrN2O4. The fraction of sp³-hybridized carbons (Fsp3) is 0.231. The number of aromatic amines is 1. The Morgan fingerprint density at radius 2 is 2.25 bits per heavy atom. The minimum absolute atomic E-state index is 0.218. The lowest BCUT2D eigenvalue weighted by molar-refractivity contribution is -0.142. The summed E-state index contributed by atoms with van der Waals surface area (Å²) >= 11 is 3.39. The average Bonchev–Trinajstić information content (AvgIpc) is 2.79. The monoisotopic (exact) mass is 340 g/mol. The summed E-state index contributed by atoms with van der Waals surface area (Å²) in [7, 11) is 1.23. The lowest BCUT2D eigenvalue weighted by atomic mass is 10.1. The van der Waals surface area contributed by atoms with Gasteiger partial charge in [-0.15, -0.1) is 0 Å². The quantitative estimate of drug-likeness (QED) is 0.744. The van der Waals surface area contributed by atoms with E-state index in [0.717, 1.165) is 20.9 Å². The number of esters is 1. The molecule has 106 valence electrons. The maximum absolute atomic E-state index is 11.6. The molecule has 0 aliphatic carbocycles. The number of hydrogen-bond donors (Lipinski definition) is 3. The highest BCUT2D eigenvalue weighted by Gasteiger charge is 2.23. The molecule has 2 aromatic rings. The first-order valence-electron chi connectivity index (χ1n) is 5.84. The summed E-state index contributed by atoms with van der Waals surface area (Å²) in [6, 6.07) is 4.78. The van der Waals surface area contributed by atoms with Gasteiger partial charge in [0.25, 0.3) is 0 Å². The summed E-state index contributed by atoms with van der Waals surface area (Å²) in [5, 5.41) is 11.9. The molecule has 0 spiro atoms. The summed E-state index contributed by atoms with van der Waals surface area (Å²) in [5.41, 5.74) is 1.76. The van der Waals surface area contributed by atoms with Crippen LogP contribution in [0.4, 0.5) is 4.79 Å². The standard InChI is InChI=1S/C13H13BrN2O4/c1-20-12(17)11(16-13(18)19)4-7-6-15-10-3-2-8(14)5-9(7)10/h2-3,5-6,11,15-16H,4H2,1H3,(H,18,19)/t11-/m0/s1. The number of halogens is 1. The lowest BCUT2D eigenvalue weighted by Gasteiger charge is -2.13. The molecule has 1 aromatic carbocycles. The number of fused-ring (bicyclic) bond motifs is 1. The van der Waals surface area contributed by atoms with Gasteiger partial charge in [0.05, 0.1) is 7.11 Å². The first kappa shape index (κ1) is 14.4. The Morgan fingerprint density at radius 1 is 1.50 bits per heavy atom. The van der Waals surface area contributed by atoms with Gasteiger partial charge in [-0.3, -0.25) is 0 Å². The van der Waals surface area contributed by atoms with Crippen LogP contribution in [0.5, 0.6) is 0 Å².